The third kappa shape index (κ3) is 10.4. The van der Waals surface area contributed by atoms with E-state index in [1.807, 2.05) is 0 Å². The molecule has 5 aliphatic heterocycles. The molecule has 5 heterocycles. The minimum absolute atomic E-state index is 0.0587. The molecule has 0 aromatic heterocycles. The Bertz CT molecular complexity index is 2070. The van der Waals surface area contributed by atoms with Crippen LogP contribution in [0.2, 0.25) is 0 Å². The van der Waals surface area contributed by atoms with Crippen LogP contribution in [-0.4, -0.2) is 285 Å². The molecule has 448 valence electrons. The second-order valence-corrected chi connectivity index (χ2v) is 23.7. The van der Waals surface area contributed by atoms with Crippen LogP contribution in [0.4, 0.5) is 0 Å². The number of esters is 1. The summed E-state index contributed by atoms with van der Waals surface area (Å²) in [4.78, 5) is 14.9. The van der Waals surface area contributed by atoms with Crippen LogP contribution in [-0.2, 0) is 52.2 Å². The summed E-state index contributed by atoms with van der Waals surface area (Å²) in [7, 11) is 0. The van der Waals surface area contributed by atoms with E-state index in [-0.39, 0.29) is 11.8 Å². The van der Waals surface area contributed by atoms with E-state index >= 15 is 0 Å². The molecule has 17 N–H and O–H groups in total. The van der Waals surface area contributed by atoms with Crippen LogP contribution in [0.5, 0.6) is 0 Å². The van der Waals surface area contributed by atoms with E-state index in [0.717, 1.165) is 0 Å². The molecule has 2 bridgehead atoms. The first-order valence-electron chi connectivity index (χ1n) is 26.9. The molecule has 28 heteroatoms. The molecule has 4 aliphatic carbocycles. The summed E-state index contributed by atoms with van der Waals surface area (Å²) < 4.78 is 59.5. The topological polar surface area (TPSA) is 453 Å². The average molecular weight is 1130 g/mol. The van der Waals surface area contributed by atoms with E-state index in [1.165, 1.54) is 0 Å². The second kappa shape index (κ2) is 23.3. The van der Waals surface area contributed by atoms with Crippen molar-refractivity contribution in [2.75, 3.05) is 33.0 Å². The summed E-state index contributed by atoms with van der Waals surface area (Å²) >= 11 is 0. The quantitative estimate of drug-likeness (QED) is 0.0411. The van der Waals surface area contributed by atoms with E-state index in [9.17, 15) is 91.6 Å². The van der Waals surface area contributed by atoms with E-state index in [2.05, 4.69) is 13.5 Å². The Morgan fingerprint density at radius 3 is 1.47 bits per heavy atom. The fourth-order valence-electron chi connectivity index (χ4n) is 14.9. The van der Waals surface area contributed by atoms with Gasteiger partial charge in [0.2, 0.25) is 6.29 Å². The number of hydrogen-bond donors (Lipinski definition) is 17. The van der Waals surface area contributed by atoms with Gasteiger partial charge in [-0.3, -0.25) is 4.79 Å². The van der Waals surface area contributed by atoms with Crippen LogP contribution in [0.3, 0.4) is 0 Å². The number of carbonyl (C=O) groups excluding carboxylic acids is 1. The maximum atomic E-state index is 14.9. The predicted octanol–water partition coefficient (Wildman–Crippen LogP) is -7.29. The molecular weight excluding hydrogens is 1050 g/mol. The maximum Gasteiger partial charge on any atom is 0.314 e. The minimum atomic E-state index is -1.94. The van der Waals surface area contributed by atoms with Gasteiger partial charge in [-0.2, -0.15) is 0 Å². The van der Waals surface area contributed by atoms with Gasteiger partial charge in [0.15, 0.2) is 31.3 Å². The second-order valence-electron chi connectivity index (χ2n) is 23.7. The highest BCUT2D eigenvalue weighted by molar-refractivity contribution is 5.77. The van der Waals surface area contributed by atoms with Crippen LogP contribution in [0.15, 0.2) is 12.2 Å². The Labute approximate surface area is 448 Å². The Morgan fingerprint density at radius 1 is 0.513 bits per heavy atom. The smallest absolute Gasteiger partial charge is 0.314 e. The van der Waals surface area contributed by atoms with Gasteiger partial charge in [0.25, 0.3) is 0 Å². The van der Waals surface area contributed by atoms with Crippen molar-refractivity contribution in [3.63, 3.8) is 0 Å². The molecule has 0 aromatic rings. The summed E-state index contributed by atoms with van der Waals surface area (Å²) in [5, 5.41) is 180. The van der Waals surface area contributed by atoms with E-state index < -0.39 is 214 Å². The van der Waals surface area contributed by atoms with Gasteiger partial charge in [0.1, 0.15) is 116 Å². The van der Waals surface area contributed by atoms with Crippen molar-refractivity contribution in [3.8, 4) is 0 Å². The van der Waals surface area contributed by atoms with Crippen molar-refractivity contribution in [3.05, 3.63) is 12.2 Å². The number of fused-ring (bicyclic) bond motifs is 3. The molecule has 5 saturated heterocycles. The van der Waals surface area contributed by atoms with Crippen molar-refractivity contribution in [2.45, 2.75) is 231 Å². The van der Waals surface area contributed by atoms with Gasteiger partial charge < -0.3 is 134 Å². The molecule has 28 nitrogen and oxygen atoms in total. The molecule has 0 aromatic carbocycles. The van der Waals surface area contributed by atoms with Gasteiger partial charge in [-0.05, 0) is 86.5 Å². The first-order chi connectivity index (χ1) is 36.8. The van der Waals surface area contributed by atoms with Gasteiger partial charge in [-0.25, -0.2) is 0 Å². The summed E-state index contributed by atoms with van der Waals surface area (Å²) in [5.74, 6) is -1.12. The number of aliphatic hydroxyl groups excluding tert-OH is 17. The van der Waals surface area contributed by atoms with Crippen LogP contribution in [0.25, 0.3) is 0 Å². The predicted molar refractivity (Wildman–Crippen MR) is 252 cm³/mol. The first-order valence-corrected chi connectivity index (χ1v) is 26.9. The number of aliphatic hydroxyl groups is 17. The molecule has 4 saturated carbocycles. The van der Waals surface area contributed by atoms with Crippen molar-refractivity contribution in [2.24, 2.45) is 28.1 Å². The highest BCUT2D eigenvalue weighted by Gasteiger charge is 2.70. The summed E-state index contributed by atoms with van der Waals surface area (Å²) in [5.41, 5.74) is -2.75. The molecule has 1 spiro atoms. The normalized spacial score (nSPS) is 54.5. The zero-order valence-electron chi connectivity index (χ0n) is 43.3. The summed E-state index contributed by atoms with van der Waals surface area (Å²) in [6, 6.07) is 0. The minimum Gasteiger partial charge on any atom is -0.432 e. The largest absolute Gasteiger partial charge is 0.432 e. The van der Waals surface area contributed by atoms with Crippen LogP contribution < -0.4 is 0 Å². The molecular formula is C50H80O28. The Morgan fingerprint density at radius 2 is 0.949 bits per heavy atom. The van der Waals surface area contributed by atoms with E-state index in [0.29, 0.717) is 63.4 Å². The molecule has 78 heavy (non-hydrogen) atoms. The SMILES string of the molecule is C=C1C[C@@]23CCC4[C@](C)(C(=O)OC5OC(CO)C(O)C(O)C5OC5OC(CO)C(O)C(O)C5O)CCC[C@@]4(C)[C@@H]2CC[C@]1(OC1OC(COC2OC(CO)C(O)C(O)C2O)C(O)C(O)C1OC1OC(CO)C(O)C(O)C1O)C3. The molecule has 31 atom stereocenters. The lowest BCUT2D eigenvalue weighted by Crippen LogP contribution is -2.66. The van der Waals surface area contributed by atoms with Crippen molar-refractivity contribution < 1.29 is 139 Å². The fraction of sp³-hybridized carbons (Fsp3) is 0.940. The lowest BCUT2D eigenvalue weighted by Gasteiger charge is -2.64. The van der Waals surface area contributed by atoms with Crippen LogP contribution in [0, 0.1) is 28.1 Å². The Hall–Kier alpha value is -1.83. The van der Waals surface area contributed by atoms with Crippen LogP contribution in [0.1, 0.15) is 71.6 Å². The number of rotatable bonds is 15. The lowest BCUT2D eigenvalue weighted by molar-refractivity contribution is -0.382. The lowest BCUT2D eigenvalue weighted by atomic mass is 9.41. The first kappa shape index (κ1) is 60.8. The molecule has 0 amide bonds. The van der Waals surface area contributed by atoms with Gasteiger partial charge in [0.05, 0.1) is 44.1 Å². The summed E-state index contributed by atoms with van der Waals surface area (Å²) in [6.07, 6.45) is -38.9. The van der Waals surface area contributed by atoms with Gasteiger partial charge >= 0.3 is 5.97 Å². The van der Waals surface area contributed by atoms with E-state index in [1.54, 1.807) is 6.92 Å². The average Bonchev–Trinajstić information content (AvgIpc) is 3.50. The summed E-state index contributed by atoms with van der Waals surface area (Å²) in [6.45, 7) is 4.63. The maximum absolute atomic E-state index is 14.9. The monoisotopic (exact) mass is 1130 g/mol. The third-order valence-electron chi connectivity index (χ3n) is 19.2. The van der Waals surface area contributed by atoms with Gasteiger partial charge in [-0.15, -0.1) is 0 Å². The van der Waals surface area contributed by atoms with Crippen molar-refractivity contribution in [1.29, 1.82) is 0 Å². The number of carbonyl (C=O) groups is 1. The highest BCUT2D eigenvalue weighted by atomic mass is 16.8. The zero-order chi connectivity index (χ0) is 56.7. The van der Waals surface area contributed by atoms with Crippen molar-refractivity contribution >= 4 is 5.97 Å². The Kier molecular flexibility index (Phi) is 18.2. The van der Waals surface area contributed by atoms with E-state index in [4.69, 9.17) is 47.4 Å². The van der Waals surface area contributed by atoms with Gasteiger partial charge in [0, 0.05) is 0 Å². The zero-order valence-corrected chi connectivity index (χ0v) is 43.3. The number of ether oxygens (including phenoxy) is 10. The molecule has 9 fully saturated rings. The molecule has 0 radical (unpaired) electrons. The standard InChI is InChI=1S/C50H80O28/c1-18-11-49-9-5-24-47(2,7-4-8-48(24,3)46(68)77-44-39(34(63)29(58)22(15-54)73-44)75-42-37(66)32(61)27(56)20(13-52)71-42)25(49)6-10-50(18,17-49)78-45-40(76-43-38(67)33(62)28(57)21(14-53)72-43)35(64)30(59)23(74-45)16-69-41-36(65)31(60)26(55)19(12-51)70-41/h19-45,51-67H,1,4-17H2,2-3H3/t19?,20?,21?,22?,23?,24?,25-,26?,27?,28?,29?,30?,31?,32?,33?,34?,35?,36?,37?,38?,39?,40?,41?,42?,43?,44?,45?,47+,48+,49+,50-/m0/s1. The Balaban J connectivity index is 0.943. The van der Waals surface area contributed by atoms with Gasteiger partial charge in [-0.1, -0.05) is 19.9 Å². The molecule has 26 unspecified atom stereocenters. The van der Waals surface area contributed by atoms with Crippen molar-refractivity contribution in [1.82, 2.24) is 0 Å². The third-order valence-corrected chi connectivity index (χ3v) is 19.2. The fourth-order valence-corrected chi connectivity index (χ4v) is 14.9. The molecule has 9 aliphatic rings. The number of hydrogen-bond acceptors (Lipinski definition) is 28. The molecule has 9 rings (SSSR count). The highest BCUT2D eigenvalue weighted by Crippen LogP contribution is 2.74. The van der Waals surface area contributed by atoms with Crippen LogP contribution >= 0.6 is 0 Å².